The highest BCUT2D eigenvalue weighted by Gasteiger charge is 2.30. The Kier molecular flexibility index (Phi) is 3.76. The molecule has 0 aliphatic carbocycles. The molecule has 130 valence electrons. The van der Waals surface area contributed by atoms with E-state index in [-0.39, 0.29) is 23.8 Å². The van der Waals surface area contributed by atoms with Crippen LogP contribution in [-0.2, 0) is 4.79 Å². The molecule has 1 amide bonds. The van der Waals surface area contributed by atoms with Crippen molar-refractivity contribution in [1.29, 1.82) is 0 Å². The number of halogens is 1. The van der Waals surface area contributed by atoms with Crippen molar-refractivity contribution in [3.05, 3.63) is 77.2 Å². The Labute approximate surface area is 147 Å². The van der Waals surface area contributed by atoms with E-state index < -0.39 is 11.8 Å². The summed E-state index contributed by atoms with van der Waals surface area (Å²) < 4.78 is 15.0. The first-order valence-corrected chi connectivity index (χ1v) is 8.00. The lowest BCUT2D eigenvalue weighted by atomic mass is 9.87. The zero-order valence-electron chi connectivity index (χ0n) is 13.5. The van der Waals surface area contributed by atoms with E-state index in [4.69, 9.17) is 5.11 Å². The van der Waals surface area contributed by atoms with Crippen LogP contribution < -0.4 is 5.32 Å². The van der Waals surface area contributed by atoms with Crippen LogP contribution in [0.1, 0.15) is 33.8 Å². The molecule has 0 radical (unpaired) electrons. The SMILES string of the molecule is O=C1CC(c2ccc(C(=O)O)cc2)c2cnn(-c3cccc(F)c3)c2N1. The molecule has 0 saturated carbocycles. The minimum absolute atomic E-state index is 0.178. The van der Waals surface area contributed by atoms with E-state index in [1.165, 1.54) is 28.9 Å². The minimum Gasteiger partial charge on any atom is -0.478 e. The van der Waals surface area contributed by atoms with Crippen LogP contribution in [0.2, 0.25) is 0 Å². The fourth-order valence-electron chi connectivity index (χ4n) is 3.18. The maximum absolute atomic E-state index is 13.5. The summed E-state index contributed by atoms with van der Waals surface area (Å²) in [6.45, 7) is 0. The first-order chi connectivity index (χ1) is 12.5. The average Bonchev–Trinajstić information content (AvgIpc) is 3.05. The third-order valence-electron chi connectivity index (χ3n) is 4.43. The maximum atomic E-state index is 13.5. The van der Waals surface area contributed by atoms with Gasteiger partial charge in [-0.2, -0.15) is 5.10 Å². The van der Waals surface area contributed by atoms with Gasteiger partial charge >= 0.3 is 5.97 Å². The Bertz CT molecular complexity index is 1010. The summed E-state index contributed by atoms with van der Waals surface area (Å²) in [4.78, 5) is 23.2. The molecule has 0 spiro atoms. The number of carboxylic acids is 1. The highest BCUT2D eigenvalue weighted by Crippen LogP contribution is 2.38. The lowest BCUT2D eigenvalue weighted by Crippen LogP contribution is -2.24. The smallest absolute Gasteiger partial charge is 0.335 e. The number of fused-ring (bicyclic) bond motifs is 1. The summed E-state index contributed by atoms with van der Waals surface area (Å²) in [6, 6.07) is 12.4. The largest absolute Gasteiger partial charge is 0.478 e. The van der Waals surface area contributed by atoms with Gasteiger partial charge in [-0.15, -0.1) is 0 Å². The predicted octanol–water partition coefficient (Wildman–Crippen LogP) is 3.18. The van der Waals surface area contributed by atoms with Gasteiger partial charge in [0.15, 0.2) is 0 Å². The van der Waals surface area contributed by atoms with E-state index in [2.05, 4.69) is 10.4 Å². The van der Waals surface area contributed by atoms with Crippen LogP contribution >= 0.6 is 0 Å². The van der Waals surface area contributed by atoms with Crippen molar-refractivity contribution in [1.82, 2.24) is 9.78 Å². The molecule has 2 aromatic carbocycles. The van der Waals surface area contributed by atoms with Gasteiger partial charge in [0.05, 0.1) is 17.4 Å². The van der Waals surface area contributed by atoms with E-state index in [0.717, 1.165) is 11.1 Å². The number of aromatic nitrogens is 2. The second-order valence-electron chi connectivity index (χ2n) is 6.07. The van der Waals surface area contributed by atoms with Crippen LogP contribution in [-0.4, -0.2) is 26.8 Å². The molecule has 1 aliphatic heterocycles. The van der Waals surface area contributed by atoms with Gasteiger partial charge in [-0.3, -0.25) is 4.79 Å². The quantitative estimate of drug-likeness (QED) is 0.759. The maximum Gasteiger partial charge on any atom is 0.335 e. The molecule has 0 saturated heterocycles. The average molecular weight is 351 g/mol. The van der Waals surface area contributed by atoms with Crippen LogP contribution in [0.25, 0.3) is 5.69 Å². The molecule has 0 fully saturated rings. The number of carboxylic acid groups (broad SMARTS) is 1. The van der Waals surface area contributed by atoms with Crippen molar-refractivity contribution in [2.75, 3.05) is 5.32 Å². The number of hydrogen-bond donors (Lipinski definition) is 2. The highest BCUT2D eigenvalue weighted by molar-refractivity contribution is 5.94. The second kappa shape index (κ2) is 6.11. The van der Waals surface area contributed by atoms with E-state index in [0.29, 0.717) is 11.5 Å². The van der Waals surface area contributed by atoms with Crippen LogP contribution in [0.5, 0.6) is 0 Å². The van der Waals surface area contributed by atoms with E-state index in [1.54, 1.807) is 30.5 Å². The molecule has 7 heteroatoms. The molecule has 3 aromatic rings. The molecule has 2 heterocycles. The third kappa shape index (κ3) is 2.73. The second-order valence-corrected chi connectivity index (χ2v) is 6.07. The summed E-state index contributed by atoms with van der Waals surface area (Å²) >= 11 is 0. The van der Waals surface area contributed by atoms with Crippen LogP contribution in [0.4, 0.5) is 10.2 Å². The zero-order valence-corrected chi connectivity index (χ0v) is 13.5. The molecule has 26 heavy (non-hydrogen) atoms. The number of aromatic carboxylic acids is 1. The highest BCUT2D eigenvalue weighted by atomic mass is 19.1. The van der Waals surface area contributed by atoms with Crippen LogP contribution in [0, 0.1) is 5.82 Å². The molecular formula is C19H14FN3O3. The first kappa shape index (κ1) is 16.0. The summed E-state index contributed by atoms with van der Waals surface area (Å²) in [6.07, 6.45) is 1.88. The van der Waals surface area contributed by atoms with Crippen LogP contribution in [0.3, 0.4) is 0 Å². The molecular weight excluding hydrogens is 337 g/mol. The number of carbonyl (C=O) groups is 2. The minimum atomic E-state index is -1.00. The van der Waals surface area contributed by atoms with Gasteiger partial charge in [-0.1, -0.05) is 18.2 Å². The number of anilines is 1. The van der Waals surface area contributed by atoms with Crippen molar-refractivity contribution >= 4 is 17.7 Å². The Morgan fingerprint density at radius 3 is 2.69 bits per heavy atom. The van der Waals surface area contributed by atoms with Gasteiger partial charge in [0.25, 0.3) is 0 Å². The standard InChI is InChI=1S/C19H14FN3O3/c20-13-2-1-3-14(8-13)23-18-16(10-21-23)15(9-17(24)22-18)11-4-6-12(7-5-11)19(25)26/h1-8,10,15H,9H2,(H,22,24)(H,25,26). The van der Waals surface area contributed by atoms with Crippen molar-refractivity contribution in [3.63, 3.8) is 0 Å². The summed E-state index contributed by atoms with van der Waals surface area (Å²) in [5, 5.41) is 16.1. The van der Waals surface area contributed by atoms with Gasteiger partial charge in [-0.25, -0.2) is 13.9 Å². The molecule has 0 bridgehead atoms. The van der Waals surface area contributed by atoms with Crippen molar-refractivity contribution in [2.45, 2.75) is 12.3 Å². The van der Waals surface area contributed by atoms with Gasteiger partial charge in [0, 0.05) is 17.9 Å². The van der Waals surface area contributed by atoms with E-state index in [9.17, 15) is 14.0 Å². The predicted molar refractivity (Wildman–Crippen MR) is 92.0 cm³/mol. The summed E-state index contributed by atoms with van der Waals surface area (Å²) in [5.74, 6) is -1.32. The lowest BCUT2D eigenvalue weighted by molar-refractivity contribution is -0.116. The van der Waals surface area contributed by atoms with Gasteiger partial charge < -0.3 is 10.4 Å². The fraction of sp³-hybridized carbons (Fsp3) is 0.105. The van der Waals surface area contributed by atoms with Crippen LogP contribution in [0.15, 0.2) is 54.7 Å². The number of rotatable bonds is 3. The topological polar surface area (TPSA) is 84.2 Å². The number of hydrogen-bond acceptors (Lipinski definition) is 3. The molecule has 1 atom stereocenters. The van der Waals surface area contributed by atoms with Gasteiger partial charge in [0.1, 0.15) is 11.6 Å². The Morgan fingerprint density at radius 1 is 1.23 bits per heavy atom. The molecule has 6 nitrogen and oxygen atoms in total. The van der Waals surface area contributed by atoms with Gasteiger partial charge in [-0.05, 0) is 35.9 Å². The Balaban J connectivity index is 1.77. The van der Waals surface area contributed by atoms with E-state index in [1.807, 2.05) is 0 Å². The summed E-state index contributed by atoms with van der Waals surface area (Å²) in [7, 11) is 0. The first-order valence-electron chi connectivity index (χ1n) is 8.00. The molecule has 1 aliphatic rings. The third-order valence-corrected chi connectivity index (χ3v) is 4.43. The number of nitrogens with zero attached hydrogens (tertiary/aromatic N) is 2. The number of carbonyl (C=O) groups excluding carboxylic acids is 1. The Hall–Kier alpha value is -3.48. The fourth-order valence-corrected chi connectivity index (χ4v) is 3.18. The lowest BCUT2D eigenvalue weighted by Gasteiger charge is -2.24. The Morgan fingerprint density at radius 2 is 2.00 bits per heavy atom. The molecule has 2 N–H and O–H groups in total. The van der Waals surface area contributed by atoms with Crippen molar-refractivity contribution in [2.24, 2.45) is 0 Å². The van der Waals surface area contributed by atoms with E-state index >= 15 is 0 Å². The molecule has 1 aromatic heterocycles. The zero-order chi connectivity index (χ0) is 18.3. The number of nitrogens with one attached hydrogen (secondary N) is 1. The number of amides is 1. The summed E-state index contributed by atoms with van der Waals surface area (Å²) in [5.41, 5.74) is 2.32. The van der Waals surface area contributed by atoms with Crippen molar-refractivity contribution < 1.29 is 19.1 Å². The normalized spacial score (nSPS) is 16.0. The van der Waals surface area contributed by atoms with Gasteiger partial charge in [0.2, 0.25) is 5.91 Å². The monoisotopic (exact) mass is 351 g/mol. The number of benzene rings is 2. The molecule has 4 rings (SSSR count). The van der Waals surface area contributed by atoms with Crippen molar-refractivity contribution in [3.8, 4) is 5.69 Å². The molecule has 1 unspecified atom stereocenters.